The number of fused-ring (bicyclic) bond motifs is 1. The lowest BCUT2D eigenvalue weighted by Crippen LogP contribution is -2.55. The number of rotatable bonds is 5. The summed E-state index contributed by atoms with van der Waals surface area (Å²) in [5, 5.41) is 9.50. The first-order chi connectivity index (χ1) is 14.3. The van der Waals surface area contributed by atoms with E-state index < -0.39 is 15.9 Å². The van der Waals surface area contributed by atoms with Crippen LogP contribution in [0.25, 0.3) is 17.0 Å². The number of thiocarbonyl (C=S) groups is 1. The predicted molar refractivity (Wildman–Crippen MR) is 129 cm³/mol. The van der Waals surface area contributed by atoms with Crippen molar-refractivity contribution in [3.8, 4) is 0 Å². The quantitative estimate of drug-likeness (QED) is 0.207. The van der Waals surface area contributed by atoms with Gasteiger partial charge in [0.2, 0.25) is 9.70 Å². The Bertz CT molecular complexity index is 1070. The smallest absolute Gasteiger partial charge is 0.245 e. The van der Waals surface area contributed by atoms with E-state index in [9.17, 15) is 4.79 Å². The van der Waals surface area contributed by atoms with Crippen molar-refractivity contribution in [2.45, 2.75) is 9.96 Å². The molecule has 0 radical (unpaired) electrons. The molecule has 2 aromatic carbocycles. The Labute approximate surface area is 194 Å². The first-order valence-corrected chi connectivity index (χ1v) is 10.4. The number of para-hydroxylation sites is 1. The van der Waals surface area contributed by atoms with Gasteiger partial charge >= 0.3 is 0 Å². The second kappa shape index (κ2) is 10.1. The van der Waals surface area contributed by atoms with Gasteiger partial charge in [-0.25, -0.2) is 0 Å². The standard InChI is InChI=1S/C21H17Cl3N4OS/c22-21(23,24)19(27-18(29)11-10-14-6-2-1-3-7-14)28-20(30)26-16-12-15-8-4-5-9-17(15)25-13-16/h1-13,19H,(H,27,29)(H2,26,28,30). The third-order valence-electron chi connectivity index (χ3n) is 3.96. The molecule has 1 heterocycles. The Morgan fingerprint density at radius 1 is 1.03 bits per heavy atom. The van der Waals surface area contributed by atoms with Crippen LogP contribution in [0.5, 0.6) is 0 Å². The molecule has 0 saturated carbocycles. The SMILES string of the molecule is O=C(C=Cc1ccccc1)NC(NC(=S)Nc1cnc2ccccc2c1)C(Cl)(Cl)Cl. The van der Waals surface area contributed by atoms with Crippen molar-refractivity contribution in [1.29, 1.82) is 0 Å². The summed E-state index contributed by atoms with van der Waals surface area (Å²) in [5.41, 5.74) is 2.38. The van der Waals surface area contributed by atoms with Crippen LogP contribution in [0, 0.1) is 0 Å². The number of amides is 1. The molecule has 0 aliphatic carbocycles. The summed E-state index contributed by atoms with van der Waals surface area (Å²) in [6, 6.07) is 18.9. The van der Waals surface area contributed by atoms with Gasteiger partial charge in [-0.2, -0.15) is 0 Å². The fraction of sp³-hybridized carbons (Fsp3) is 0.0952. The summed E-state index contributed by atoms with van der Waals surface area (Å²) >= 11 is 23.3. The number of aromatic nitrogens is 1. The van der Waals surface area contributed by atoms with Crippen molar-refractivity contribution in [2.24, 2.45) is 0 Å². The average molecular weight is 480 g/mol. The van der Waals surface area contributed by atoms with Gasteiger partial charge in [0.15, 0.2) is 5.11 Å². The van der Waals surface area contributed by atoms with Crippen LogP contribution >= 0.6 is 47.0 Å². The highest BCUT2D eigenvalue weighted by molar-refractivity contribution is 7.80. The number of halogens is 3. The fourth-order valence-electron chi connectivity index (χ4n) is 2.56. The zero-order valence-corrected chi connectivity index (χ0v) is 18.6. The zero-order valence-electron chi connectivity index (χ0n) is 15.5. The van der Waals surface area contributed by atoms with Gasteiger partial charge in [0.25, 0.3) is 0 Å². The molecule has 1 aromatic heterocycles. The number of pyridine rings is 1. The van der Waals surface area contributed by atoms with Crippen LogP contribution < -0.4 is 16.0 Å². The number of hydrogen-bond acceptors (Lipinski definition) is 3. The minimum absolute atomic E-state index is 0.163. The second-order valence-corrected chi connectivity index (χ2v) is 9.02. The molecule has 0 aliphatic heterocycles. The fourth-order valence-corrected chi connectivity index (χ4v) is 3.13. The lowest BCUT2D eigenvalue weighted by atomic mass is 10.2. The number of anilines is 1. The highest BCUT2D eigenvalue weighted by Gasteiger charge is 2.34. The first-order valence-electron chi connectivity index (χ1n) is 8.84. The Balaban J connectivity index is 1.64. The minimum Gasteiger partial charge on any atom is -0.339 e. The summed E-state index contributed by atoms with van der Waals surface area (Å²) in [4.78, 5) is 16.6. The summed E-state index contributed by atoms with van der Waals surface area (Å²) in [6.45, 7) is 0. The van der Waals surface area contributed by atoms with Gasteiger partial charge in [0.05, 0.1) is 17.4 Å². The summed E-state index contributed by atoms with van der Waals surface area (Å²) < 4.78 is -1.84. The van der Waals surface area contributed by atoms with E-state index in [0.29, 0.717) is 5.69 Å². The van der Waals surface area contributed by atoms with Crippen LogP contribution in [-0.4, -0.2) is 26.0 Å². The number of carbonyl (C=O) groups excluding carboxylic acids is 1. The molecule has 5 nitrogen and oxygen atoms in total. The molecule has 154 valence electrons. The molecule has 0 spiro atoms. The third-order valence-corrected chi connectivity index (χ3v) is 4.84. The number of benzene rings is 2. The van der Waals surface area contributed by atoms with Gasteiger partial charge in [-0.1, -0.05) is 83.3 Å². The molecule has 0 saturated heterocycles. The highest BCUT2D eigenvalue weighted by atomic mass is 35.6. The normalized spacial score (nSPS) is 12.5. The maximum atomic E-state index is 12.3. The van der Waals surface area contributed by atoms with E-state index in [0.717, 1.165) is 16.5 Å². The molecule has 30 heavy (non-hydrogen) atoms. The minimum atomic E-state index is -1.84. The Morgan fingerprint density at radius 3 is 2.47 bits per heavy atom. The maximum absolute atomic E-state index is 12.3. The molecular weight excluding hydrogens is 463 g/mol. The molecule has 0 fully saturated rings. The molecule has 3 N–H and O–H groups in total. The lowest BCUT2D eigenvalue weighted by molar-refractivity contribution is -0.117. The Morgan fingerprint density at radius 2 is 1.73 bits per heavy atom. The molecule has 1 amide bonds. The largest absolute Gasteiger partial charge is 0.339 e. The molecular formula is C21H17Cl3N4OS. The van der Waals surface area contributed by atoms with E-state index in [1.165, 1.54) is 6.08 Å². The number of hydrogen-bond donors (Lipinski definition) is 3. The maximum Gasteiger partial charge on any atom is 0.245 e. The molecule has 9 heteroatoms. The van der Waals surface area contributed by atoms with Crippen molar-refractivity contribution in [3.05, 3.63) is 78.5 Å². The van der Waals surface area contributed by atoms with E-state index in [1.54, 1.807) is 12.3 Å². The van der Waals surface area contributed by atoms with E-state index in [4.69, 9.17) is 47.0 Å². The monoisotopic (exact) mass is 478 g/mol. The van der Waals surface area contributed by atoms with E-state index >= 15 is 0 Å². The van der Waals surface area contributed by atoms with Crippen LogP contribution in [-0.2, 0) is 4.79 Å². The van der Waals surface area contributed by atoms with E-state index in [1.807, 2.05) is 60.7 Å². The Hall–Kier alpha value is -2.38. The highest BCUT2D eigenvalue weighted by Crippen LogP contribution is 2.29. The molecule has 3 aromatic rings. The van der Waals surface area contributed by atoms with Crippen LogP contribution in [0.4, 0.5) is 5.69 Å². The Kier molecular flexibility index (Phi) is 7.50. The molecule has 3 rings (SSSR count). The van der Waals surface area contributed by atoms with Crippen molar-refractivity contribution in [1.82, 2.24) is 15.6 Å². The molecule has 1 atom stereocenters. The van der Waals surface area contributed by atoms with Gasteiger partial charge in [0.1, 0.15) is 6.17 Å². The van der Waals surface area contributed by atoms with Crippen molar-refractivity contribution in [2.75, 3.05) is 5.32 Å². The second-order valence-electron chi connectivity index (χ2n) is 6.24. The van der Waals surface area contributed by atoms with Crippen LogP contribution in [0.2, 0.25) is 0 Å². The van der Waals surface area contributed by atoms with Gasteiger partial charge in [-0.15, -0.1) is 0 Å². The summed E-state index contributed by atoms with van der Waals surface area (Å²) in [7, 11) is 0. The number of carbonyl (C=O) groups is 1. The van der Waals surface area contributed by atoms with Gasteiger partial charge < -0.3 is 16.0 Å². The number of nitrogens with one attached hydrogen (secondary N) is 3. The van der Waals surface area contributed by atoms with Crippen molar-refractivity contribution < 1.29 is 4.79 Å². The molecule has 0 aliphatic rings. The van der Waals surface area contributed by atoms with Crippen LogP contribution in [0.1, 0.15) is 5.56 Å². The lowest BCUT2D eigenvalue weighted by Gasteiger charge is -2.27. The van der Waals surface area contributed by atoms with E-state index in [2.05, 4.69) is 20.9 Å². The first kappa shape index (κ1) is 22.3. The van der Waals surface area contributed by atoms with E-state index in [-0.39, 0.29) is 5.11 Å². The predicted octanol–water partition coefficient (Wildman–Crippen LogP) is 5.05. The van der Waals surface area contributed by atoms with Crippen LogP contribution in [0.3, 0.4) is 0 Å². The van der Waals surface area contributed by atoms with Crippen LogP contribution in [0.15, 0.2) is 72.9 Å². The topological polar surface area (TPSA) is 66.1 Å². The third kappa shape index (κ3) is 6.57. The van der Waals surface area contributed by atoms with Gasteiger partial charge in [-0.3, -0.25) is 9.78 Å². The zero-order chi connectivity index (χ0) is 21.6. The average Bonchev–Trinajstić information content (AvgIpc) is 2.72. The van der Waals surface area contributed by atoms with Gasteiger partial charge in [0, 0.05) is 11.5 Å². The molecule has 0 bridgehead atoms. The summed E-state index contributed by atoms with van der Waals surface area (Å²) in [5.74, 6) is -0.446. The van der Waals surface area contributed by atoms with Crippen molar-refractivity contribution >= 4 is 80.7 Å². The van der Waals surface area contributed by atoms with Crippen molar-refractivity contribution in [3.63, 3.8) is 0 Å². The summed E-state index contributed by atoms with van der Waals surface area (Å²) in [6.07, 6.45) is 3.58. The number of nitrogens with zero attached hydrogens (tertiary/aromatic N) is 1. The molecule has 1 unspecified atom stereocenters. The van der Waals surface area contributed by atoms with Gasteiger partial charge in [-0.05, 0) is 36.0 Å². The number of alkyl halides is 3.